The van der Waals surface area contributed by atoms with Crippen molar-refractivity contribution in [3.05, 3.63) is 29.3 Å². The van der Waals surface area contributed by atoms with Crippen LogP contribution in [0.15, 0.2) is 23.1 Å². The first-order valence-electron chi connectivity index (χ1n) is 6.64. The summed E-state index contributed by atoms with van der Waals surface area (Å²) in [6.45, 7) is 7.30. The molecule has 1 rings (SSSR count). The molecule has 0 aliphatic heterocycles. The van der Waals surface area contributed by atoms with E-state index in [2.05, 4.69) is 4.72 Å². The molecule has 0 fully saturated rings. The summed E-state index contributed by atoms with van der Waals surface area (Å²) in [5.41, 5.74) is 6.27. The number of hydrogen-bond donors (Lipinski definition) is 3. The number of nitrogens with two attached hydrogens (primary N) is 1. The third-order valence-corrected chi connectivity index (χ3v) is 5.37. The molecule has 0 unspecified atom stereocenters. The number of nitrogens with one attached hydrogen (secondary N) is 2. The van der Waals surface area contributed by atoms with Gasteiger partial charge in [0.25, 0.3) is 0 Å². The van der Waals surface area contributed by atoms with Crippen LogP contribution in [0.4, 0.5) is 0 Å². The Morgan fingerprint density at radius 1 is 1.30 bits per heavy atom. The van der Waals surface area contributed by atoms with Crippen molar-refractivity contribution in [3.8, 4) is 0 Å². The average Bonchev–Trinajstić information content (AvgIpc) is 2.35. The first-order valence-corrected chi connectivity index (χ1v) is 8.12. The first kappa shape index (κ1) is 16.7. The van der Waals surface area contributed by atoms with Gasteiger partial charge in [0.2, 0.25) is 10.0 Å². The molecule has 0 spiro atoms. The smallest absolute Gasteiger partial charge is 0.241 e. The number of benzene rings is 1. The van der Waals surface area contributed by atoms with E-state index < -0.39 is 15.6 Å². The number of aryl methyl sites for hydroxylation is 2. The SMILES string of the molecule is CCC(CC)(NS(=O)(=O)c1ccc(C)cc1C)C(=N)N. The monoisotopic (exact) mass is 297 g/mol. The standard InChI is InChI=1S/C14H23N3O2S/c1-5-14(6-2,13(15)16)17-20(18,19)12-8-7-10(3)9-11(12)4/h7-9,17H,5-6H2,1-4H3,(H3,15,16). The van der Waals surface area contributed by atoms with Crippen LogP contribution in [0.25, 0.3) is 0 Å². The van der Waals surface area contributed by atoms with E-state index in [4.69, 9.17) is 11.1 Å². The Hall–Kier alpha value is -1.40. The van der Waals surface area contributed by atoms with Gasteiger partial charge in [-0.05, 0) is 38.3 Å². The Morgan fingerprint density at radius 3 is 2.25 bits per heavy atom. The van der Waals surface area contributed by atoms with E-state index in [-0.39, 0.29) is 10.7 Å². The van der Waals surface area contributed by atoms with Crippen molar-refractivity contribution in [2.24, 2.45) is 5.73 Å². The molecule has 0 bridgehead atoms. The maximum atomic E-state index is 12.5. The fraction of sp³-hybridized carbons (Fsp3) is 0.500. The van der Waals surface area contributed by atoms with Crippen LogP contribution >= 0.6 is 0 Å². The fourth-order valence-electron chi connectivity index (χ4n) is 2.24. The second-order valence-electron chi connectivity index (χ2n) is 5.08. The van der Waals surface area contributed by atoms with Crippen LogP contribution in [-0.4, -0.2) is 19.8 Å². The largest absolute Gasteiger partial charge is 0.386 e. The Kier molecular flexibility index (Phi) is 4.94. The highest BCUT2D eigenvalue weighted by Crippen LogP contribution is 2.22. The lowest BCUT2D eigenvalue weighted by atomic mass is 9.93. The zero-order valence-corrected chi connectivity index (χ0v) is 13.3. The molecule has 0 aliphatic carbocycles. The van der Waals surface area contributed by atoms with E-state index in [1.807, 2.05) is 26.8 Å². The van der Waals surface area contributed by atoms with E-state index in [1.165, 1.54) is 0 Å². The van der Waals surface area contributed by atoms with Gasteiger partial charge >= 0.3 is 0 Å². The molecule has 0 saturated heterocycles. The molecule has 20 heavy (non-hydrogen) atoms. The third kappa shape index (κ3) is 3.19. The molecule has 112 valence electrons. The van der Waals surface area contributed by atoms with Gasteiger partial charge in [0.1, 0.15) is 5.84 Å². The molecule has 4 N–H and O–H groups in total. The topological polar surface area (TPSA) is 96.0 Å². The minimum absolute atomic E-state index is 0.157. The second kappa shape index (κ2) is 5.93. The summed E-state index contributed by atoms with van der Waals surface area (Å²) in [4.78, 5) is 0.232. The lowest BCUT2D eigenvalue weighted by Gasteiger charge is -2.31. The number of amidine groups is 1. The maximum absolute atomic E-state index is 12.5. The predicted molar refractivity (Wildman–Crippen MR) is 81.5 cm³/mol. The molecule has 1 aromatic carbocycles. The Morgan fingerprint density at radius 2 is 1.85 bits per heavy atom. The molecule has 0 atom stereocenters. The molecule has 5 nitrogen and oxygen atoms in total. The molecule has 0 aromatic heterocycles. The zero-order valence-electron chi connectivity index (χ0n) is 12.4. The molecule has 6 heteroatoms. The highest BCUT2D eigenvalue weighted by atomic mass is 32.2. The summed E-state index contributed by atoms with van der Waals surface area (Å²) in [6, 6.07) is 5.17. The van der Waals surface area contributed by atoms with Crippen LogP contribution in [-0.2, 0) is 10.0 Å². The molecular weight excluding hydrogens is 274 g/mol. The summed E-state index contributed by atoms with van der Waals surface area (Å²) >= 11 is 0. The zero-order chi connectivity index (χ0) is 15.6. The van der Waals surface area contributed by atoms with Gasteiger partial charge in [0, 0.05) is 0 Å². The minimum Gasteiger partial charge on any atom is -0.386 e. The molecule has 0 saturated carbocycles. The molecule has 0 aliphatic rings. The highest BCUT2D eigenvalue weighted by molar-refractivity contribution is 7.89. The van der Waals surface area contributed by atoms with Crippen molar-refractivity contribution in [1.29, 1.82) is 5.41 Å². The van der Waals surface area contributed by atoms with E-state index >= 15 is 0 Å². The number of sulfonamides is 1. The van der Waals surface area contributed by atoms with Gasteiger partial charge in [-0.1, -0.05) is 31.5 Å². The van der Waals surface area contributed by atoms with E-state index in [1.54, 1.807) is 19.1 Å². The maximum Gasteiger partial charge on any atom is 0.241 e. The molecule has 0 heterocycles. The third-order valence-electron chi connectivity index (χ3n) is 3.67. The molecular formula is C14H23N3O2S. The quantitative estimate of drug-likeness (QED) is 0.554. The number of hydrogen-bond acceptors (Lipinski definition) is 3. The highest BCUT2D eigenvalue weighted by Gasteiger charge is 2.35. The summed E-state index contributed by atoms with van der Waals surface area (Å²) in [7, 11) is -3.71. The summed E-state index contributed by atoms with van der Waals surface area (Å²) in [5, 5.41) is 7.68. The van der Waals surface area contributed by atoms with E-state index in [0.29, 0.717) is 18.4 Å². The fourth-order valence-corrected chi connectivity index (χ4v) is 4.00. The van der Waals surface area contributed by atoms with Crippen molar-refractivity contribution in [3.63, 3.8) is 0 Å². The minimum atomic E-state index is -3.71. The van der Waals surface area contributed by atoms with E-state index in [9.17, 15) is 8.42 Å². The van der Waals surface area contributed by atoms with Crippen LogP contribution in [0.3, 0.4) is 0 Å². The molecule has 0 radical (unpaired) electrons. The Balaban J connectivity index is 3.27. The van der Waals surface area contributed by atoms with Gasteiger partial charge in [-0.3, -0.25) is 5.41 Å². The van der Waals surface area contributed by atoms with Crippen LogP contribution in [0.2, 0.25) is 0 Å². The van der Waals surface area contributed by atoms with Crippen molar-refractivity contribution in [2.45, 2.75) is 51.0 Å². The van der Waals surface area contributed by atoms with Crippen molar-refractivity contribution >= 4 is 15.9 Å². The lowest BCUT2D eigenvalue weighted by molar-refractivity contribution is 0.458. The van der Waals surface area contributed by atoms with Crippen LogP contribution in [0, 0.1) is 19.3 Å². The average molecular weight is 297 g/mol. The van der Waals surface area contributed by atoms with Gasteiger partial charge in [0.05, 0.1) is 10.4 Å². The Labute approximate surface area is 121 Å². The summed E-state index contributed by atoms with van der Waals surface area (Å²) in [5.74, 6) is -0.157. The van der Waals surface area contributed by atoms with Crippen molar-refractivity contribution < 1.29 is 8.42 Å². The predicted octanol–water partition coefficient (Wildman–Crippen LogP) is 2.08. The van der Waals surface area contributed by atoms with Gasteiger partial charge < -0.3 is 5.73 Å². The van der Waals surface area contributed by atoms with E-state index in [0.717, 1.165) is 5.56 Å². The Bertz CT molecular complexity index is 605. The van der Waals surface area contributed by atoms with Gasteiger partial charge in [-0.2, -0.15) is 4.72 Å². The molecule has 1 aromatic rings. The summed E-state index contributed by atoms with van der Waals surface area (Å²) in [6.07, 6.45) is 0.867. The lowest BCUT2D eigenvalue weighted by Crippen LogP contribution is -2.56. The van der Waals surface area contributed by atoms with Gasteiger partial charge in [0.15, 0.2) is 0 Å². The second-order valence-corrected chi connectivity index (χ2v) is 6.73. The summed E-state index contributed by atoms with van der Waals surface area (Å²) < 4.78 is 27.7. The van der Waals surface area contributed by atoms with Crippen LogP contribution in [0.5, 0.6) is 0 Å². The van der Waals surface area contributed by atoms with Crippen LogP contribution in [0.1, 0.15) is 37.8 Å². The van der Waals surface area contributed by atoms with Gasteiger partial charge in [-0.25, -0.2) is 8.42 Å². The van der Waals surface area contributed by atoms with Crippen molar-refractivity contribution in [1.82, 2.24) is 4.72 Å². The van der Waals surface area contributed by atoms with Crippen molar-refractivity contribution in [2.75, 3.05) is 0 Å². The normalized spacial score (nSPS) is 12.4. The number of rotatable bonds is 6. The first-order chi connectivity index (χ1) is 9.18. The molecule has 0 amide bonds. The van der Waals surface area contributed by atoms with Gasteiger partial charge in [-0.15, -0.1) is 0 Å². The van der Waals surface area contributed by atoms with Crippen LogP contribution < -0.4 is 10.5 Å².